The number of amides is 4. The van der Waals surface area contributed by atoms with E-state index in [0.717, 1.165) is 0 Å². The van der Waals surface area contributed by atoms with Gasteiger partial charge < -0.3 is 42.6 Å². The smallest absolute Gasteiger partial charge is 0.326 e. The van der Waals surface area contributed by atoms with Crippen LogP contribution in [0.3, 0.4) is 0 Å². The van der Waals surface area contributed by atoms with Crippen LogP contribution in [0.2, 0.25) is 0 Å². The Balaban J connectivity index is 3.08. The van der Waals surface area contributed by atoms with Crippen molar-refractivity contribution in [3.63, 3.8) is 0 Å². The fraction of sp³-hybridized carbons (Fsp3) is 0.591. The predicted molar refractivity (Wildman–Crippen MR) is 128 cm³/mol. The third-order valence-corrected chi connectivity index (χ3v) is 5.25. The lowest BCUT2D eigenvalue weighted by molar-refractivity contribution is -0.142. The Morgan fingerprint density at radius 1 is 0.919 bits per heavy atom. The molecular formula is C22H35N7O8. The molecular weight excluding hydrogens is 490 g/mol. The maximum atomic E-state index is 13.1. The third-order valence-electron chi connectivity index (χ3n) is 5.25. The minimum Gasteiger partial charge on any atom is -0.481 e. The summed E-state index contributed by atoms with van der Waals surface area (Å²) in [5.41, 5.74) is 11.4. The van der Waals surface area contributed by atoms with Gasteiger partial charge in [-0.1, -0.05) is 13.8 Å². The van der Waals surface area contributed by atoms with E-state index in [4.69, 9.17) is 16.6 Å². The van der Waals surface area contributed by atoms with Crippen LogP contribution in [-0.4, -0.2) is 79.9 Å². The van der Waals surface area contributed by atoms with Gasteiger partial charge in [0.15, 0.2) is 0 Å². The first-order chi connectivity index (χ1) is 17.3. The molecule has 0 fully saturated rings. The number of carbonyl (C=O) groups is 6. The van der Waals surface area contributed by atoms with Gasteiger partial charge in [0, 0.05) is 31.2 Å². The highest BCUT2D eigenvalue weighted by Crippen LogP contribution is 2.07. The maximum Gasteiger partial charge on any atom is 0.326 e. The van der Waals surface area contributed by atoms with Gasteiger partial charge in [-0.15, -0.1) is 0 Å². The third kappa shape index (κ3) is 12.0. The molecule has 1 aromatic heterocycles. The zero-order valence-corrected chi connectivity index (χ0v) is 20.7. The van der Waals surface area contributed by atoms with Crippen LogP contribution in [0.1, 0.15) is 51.6 Å². The number of H-pyrrole nitrogens is 1. The molecule has 15 nitrogen and oxygen atoms in total. The van der Waals surface area contributed by atoms with Crippen LogP contribution in [-0.2, 0) is 35.2 Å². The highest BCUT2D eigenvalue weighted by Gasteiger charge is 2.31. The van der Waals surface area contributed by atoms with E-state index in [2.05, 4.69) is 25.9 Å². The van der Waals surface area contributed by atoms with Gasteiger partial charge in [-0.25, -0.2) is 9.78 Å². The van der Waals surface area contributed by atoms with Crippen LogP contribution < -0.4 is 27.4 Å². The van der Waals surface area contributed by atoms with Crippen molar-refractivity contribution in [3.05, 3.63) is 18.2 Å². The van der Waals surface area contributed by atoms with E-state index in [0.29, 0.717) is 12.1 Å². The van der Waals surface area contributed by atoms with Crippen molar-refractivity contribution in [1.82, 2.24) is 25.9 Å². The SMILES string of the molecule is CC(C)CC(N)C(=O)NC(CCC(=O)O)C(=O)NC(Cc1cnc[nH]1)C(=O)NC(CCC(N)=O)C(=O)O. The summed E-state index contributed by atoms with van der Waals surface area (Å²) in [6.07, 6.45) is 1.62. The number of hydrogen-bond donors (Lipinski definition) is 8. The van der Waals surface area contributed by atoms with E-state index in [1.165, 1.54) is 12.5 Å². The van der Waals surface area contributed by atoms with E-state index in [9.17, 15) is 33.9 Å². The molecule has 0 aliphatic rings. The summed E-state index contributed by atoms with van der Waals surface area (Å²) in [7, 11) is 0. The first kappa shape index (κ1) is 31.0. The monoisotopic (exact) mass is 525 g/mol. The summed E-state index contributed by atoms with van der Waals surface area (Å²) < 4.78 is 0. The number of imidazole rings is 1. The van der Waals surface area contributed by atoms with Gasteiger partial charge in [-0.2, -0.15) is 0 Å². The molecule has 0 aromatic carbocycles. The number of carbonyl (C=O) groups excluding carboxylic acids is 4. The number of aromatic amines is 1. The fourth-order valence-corrected chi connectivity index (χ4v) is 3.34. The summed E-state index contributed by atoms with van der Waals surface area (Å²) in [6.45, 7) is 3.71. The van der Waals surface area contributed by atoms with E-state index >= 15 is 0 Å². The quantitative estimate of drug-likeness (QED) is 0.111. The molecule has 10 N–H and O–H groups in total. The van der Waals surface area contributed by atoms with Gasteiger partial charge in [0.25, 0.3) is 0 Å². The fourth-order valence-electron chi connectivity index (χ4n) is 3.34. The second kappa shape index (κ2) is 15.2. The number of nitrogens with zero attached hydrogens (tertiary/aromatic N) is 1. The second-order valence-corrected chi connectivity index (χ2v) is 8.98. The zero-order valence-electron chi connectivity index (χ0n) is 20.7. The minimum atomic E-state index is -1.46. The van der Waals surface area contributed by atoms with E-state index in [1.54, 1.807) is 0 Å². The Morgan fingerprint density at radius 2 is 1.49 bits per heavy atom. The molecule has 37 heavy (non-hydrogen) atoms. The Kier molecular flexibility index (Phi) is 12.7. The van der Waals surface area contributed by atoms with Gasteiger partial charge in [-0.3, -0.25) is 24.0 Å². The topological polar surface area (TPSA) is 260 Å². The normalized spacial score (nSPS) is 14.2. The molecule has 0 aliphatic heterocycles. The minimum absolute atomic E-state index is 0.0891. The predicted octanol–water partition coefficient (Wildman–Crippen LogP) is -2.01. The first-order valence-electron chi connectivity index (χ1n) is 11.7. The number of aromatic nitrogens is 2. The molecule has 1 aromatic rings. The Morgan fingerprint density at radius 3 is 2.00 bits per heavy atom. The standard InChI is InChI=1S/C22H35N7O8/c1-11(2)7-13(23)19(33)27-14(4-6-18(31)32)20(34)29-16(8-12-9-25-10-26-12)21(35)28-15(22(36)37)3-5-17(24)30/h9-11,13-16H,3-8,23H2,1-2H3,(H2,24,30)(H,25,26)(H,27,33)(H,28,35)(H,29,34)(H,31,32)(H,36,37). The van der Waals surface area contributed by atoms with Crippen LogP contribution >= 0.6 is 0 Å². The molecule has 4 atom stereocenters. The van der Waals surface area contributed by atoms with Crippen LogP contribution in [0, 0.1) is 5.92 Å². The molecule has 4 unspecified atom stereocenters. The Bertz CT molecular complexity index is 951. The molecule has 0 radical (unpaired) electrons. The molecule has 206 valence electrons. The Hall–Kier alpha value is -4.01. The molecule has 0 spiro atoms. The van der Waals surface area contributed by atoms with Crippen molar-refractivity contribution >= 4 is 35.6 Å². The van der Waals surface area contributed by atoms with Crippen LogP contribution in [0.25, 0.3) is 0 Å². The van der Waals surface area contributed by atoms with Crippen molar-refractivity contribution in [2.75, 3.05) is 0 Å². The molecule has 0 saturated carbocycles. The van der Waals surface area contributed by atoms with Crippen LogP contribution in [0.4, 0.5) is 0 Å². The van der Waals surface area contributed by atoms with Crippen molar-refractivity contribution in [2.45, 2.75) is 76.5 Å². The summed E-state index contributed by atoms with van der Waals surface area (Å²) in [6, 6.07) is -5.07. The van der Waals surface area contributed by atoms with E-state index in [-0.39, 0.29) is 31.6 Å². The molecule has 0 saturated heterocycles. The van der Waals surface area contributed by atoms with E-state index in [1.807, 2.05) is 13.8 Å². The van der Waals surface area contributed by atoms with Crippen LogP contribution in [0.15, 0.2) is 12.5 Å². The largest absolute Gasteiger partial charge is 0.481 e. The van der Waals surface area contributed by atoms with Gasteiger partial charge >= 0.3 is 11.9 Å². The summed E-state index contributed by atoms with van der Waals surface area (Å²) >= 11 is 0. The number of hydrogen-bond acceptors (Lipinski definition) is 8. The van der Waals surface area contributed by atoms with Crippen molar-refractivity contribution in [2.24, 2.45) is 17.4 Å². The van der Waals surface area contributed by atoms with Gasteiger partial charge in [0.1, 0.15) is 18.1 Å². The number of carboxylic acids is 2. The number of nitrogens with two attached hydrogens (primary N) is 2. The molecule has 4 amide bonds. The second-order valence-electron chi connectivity index (χ2n) is 8.98. The van der Waals surface area contributed by atoms with E-state index < -0.39 is 66.2 Å². The highest BCUT2D eigenvalue weighted by molar-refractivity contribution is 5.94. The van der Waals surface area contributed by atoms with Crippen LogP contribution in [0.5, 0.6) is 0 Å². The van der Waals surface area contributed by atoms with Crippen molar-refractivity contribution in [1.29, 1.82) is 0 Å². The number of primary amides is 1. The molecule has 1 rings (SSSR count). The zero-order chi connectivity index (χ0) is 28.1. The number of nitrogens with one attached hydrogen (secondary N) is 4. The van der Waals surface area contributed by atoms with Crippen molar-refractivity contribution in [3.8, 4) is 0 Å². The Labute approximate surface area is 213 Å². The lowest BCUT2D eigenvalue weighted by Crippen LogP contribution is -2.57. The van der Waals surface area contributed by atoms with Crippen molar-refractivity contribution < 1.29 is 39.0 Å². The van der Waals surface area contributed by atoms with Gasteiger partial charge in [-0.05, 0) is 25.2 Å². The summed E-state index contributed by atoms with van der Waals surface area (Å²) in [5.74, 6) is -5.70. The number of rotatable bonds is 17. The number of aliphatic carboxylic acids is 2. The highest BCUT2D eigenvalue weighted by atomic mass is 16.4. The first-order valence-corrected chi connectivity index (χ1v) is 11.7. The summed E-state index contributed by atoms with van der Waals surface area (Å²) in [4.78, 5) is 78.8. The average molecular weight is 526 g/mol. The molecule has 0 aliphatic carbocycles. The molecule has 15 heteroatoms. The lowest BCUT2D eigenvalue weighted by Gasteiger charge is -2.25. The average Bonchev–Trinajstić information content (AvgIpc) is 3.30. The molecule has 0 bridgehead atoms. The van der Waals surface area contributed by atoms with Gasteiger partial charge in [0.05, 0.1) is 12.4 Å². The maximum absolute atomic E-state index is 13.1. The number of carboxylic acid groups (broad SMARTS) is 2. The van der Waals surface area contributed by atoms with Gasteiger partial charge in [0.2, 0.25) is 23.6 Å². The molecule has 1 heterocycles. The summed E-state index contributed by atoms with van der Waals surface area (Å²) in [5, 5.41) is 25.6. The lowest BCUT2D eigenvalue weighted by atomic mass is 10.0.